The van der Waals surface area contributed by atoms with Crippen LogP contribution in [0, 0.1) is 0 Å². The van der Waals surface area contributed by atoms with Crippen molar-refractivity contribution in [2.24, 2.45) is 0 Å². The molecule has 2 aromatic rings. The third-order valence-electron chi connectivity index (χ3n) is 2.88. The first kappa shape index (κ1) is 14.0. The third-order valence-corrected chi connectivity index (χ3v) is 2.88. The first-order valence-corrected chi connectivity index (χ1v) is 6.56. The number of benzene rings is 1. The molecule has 6 heteroatoms. The summed E-state index contributed by atoms with van der Waals surface area (Å²) in [5.74, 6) is 1.22. The maximum Gasteiger partial charge on any atom is 0.261 e. The quantitative estimate of drug-likeness (QED) is 0.864. The summed E-state index contributed by atoms with van der Waals surface area (Å²) in [6.45, 7) is 4.83. The van der Waals surface area contributed by atoms with Gasteiger partial charge in [0.15, 0.2) is 11.9 Å². The van der Waals surface area contributed by atoms with Gasteiger partial charge in [-0.25, -0.2) is 0 Å². The number of nitrogens with zero attached hydrogens (tertiary/aromatic N) is 3. The van der Waals surface area contributed by atoms with E-state index in [0.29, 0.717) is 12.3 Å². The van der Waals surface area contributed by atoms with E-state index in [0.717, 1.165) is 12.4 Å². The Morgan fingerprint density at radius 3 is 2.85 bits per heavy atom. The molecule has 0 spiro atoms. The number of rotatable bonds is 6. The smallest absolute Gasteiger partial charge is 0.261 e. The van der Waals surface area contributed by atoms with Gasteiger partial charge in [0.2, 0.25) is 0 Å². The Kier molecular flexibility index (Phi) is 4.70. The normalized spacial score (nSPS) is 11.9. The van der Waals surface area contributed by atoms with Crippen LogP contribution in [0.5, 0.6) is 5.75 Å². The van der Waals surface area contributed by atoms with Crippen LogP contribution in [-0.2, 0) is 17.9 Å². The standard InChI is InChI=1S/C14H18N4O2/c1-3-18-10-16-17-13(18)9-15-14(19)11(2)20-12-7-5-4-6-8-12/h4-8,10-11H,3,9H2,1-2H3,(H,15,19)/t11-/m0/s1. The van der Waals surface area contributed by atoms with Crippen LogP contribution in [0.2, 0.25) is 0 Å². The van der Waals surface area contributed by atoms with Crippen LogP contribution >= 0.6 is 0 Å². The fraction of sp³-hybridized carbons (Fsp3) is 0.357. The highest BCUT2D eigenvalue weighted by Gasteiger charge is 2.15. The number of amides is 1. The second-order valence-electron chi connectivity index (χ2n) is 4.32. The number of hydrogen-bond acceptors (Lipinski definition) is 4. The molecule has 1 aromatic heterocycles. The molecule has 0 saturated heterocycles. The summed E-state index contributed by atoms with van der Waals surface area (Å²) in [6.07, 6.45) is 1.08. The fourth-order valence-electron chi connectivity index (χ4n) is 1.75. The van der Waals surface area contributed by atoms with Gasteiger partial charge < -0.3 is 14.6 Å². The van der Waals surface area contributed by atoms with Crippen LogP contribution in [0.4, 0.5) is 0 Å². The molecule has 0 bridgehead atoms. The molecule has 1 N–H and O–H groups in total. The Morgan fingerprint density at radius 1 is 1.40 bits per heavy atom. The molecule has 1 amide bonds. The Morgan fingerprint density at radius 2 is 2.15 bits per heavy atom. The van der Waals surface area contributed by atoms with Gasteiger partial charge in [0.25, 0.3) is 5.91 Å². The molecule has 6 nitrogen and oxygen atoms in total. The van der Waals surface area contributed by atoms with Crippen molar-refractivity contribution in [3.63, 3.8) is 0 Å². The largest absolute Gasteiger partial charge is 0.481 e. The minimum absolute atomic E-state index is 0.181. The molecule has 20 heavy (non-hydrogen) atoms. The van der Waals surface area contributed by atoms with Crippen molar-refractivity contribution in [1.29, 1.82) is 0 Å². The number of ether oxygens (including phenoxy) is 1. The van der Waals surface area contributed by atoms with Gasteiger partial charge in [0, 0.05) is 6.54 Å². The van der Waals surface area contributed by atoms with Crippen molar-refractivity contribution in [1.82, 2.24) is 20.1 Å². The first-order chi connectivity index (χ1) is 9.70. The second-order valence-corrected chi connectivity index (χ2v) is 4.32. The molecule has 0 unspecified atom stereocenters. The Bertz CT molecular complexity index is 553. The topological polar surface area (TPSA) is 69.0 Å². The summed E-state index contributed by atoms with van der Waals surface area (Å²) in [4.78, 5) is 11.9. The summed E-state index contributed by atoms with van der Waals surface area (Å²) in [5, 5.41) is 10.6. The van der Waals surface area contributed by atoms with E-state index in [-0.39, 0.29) is 5.91 Å². The van der Waals surface area contributed by atoms with Crippen LogP contribution in [0.15, 0.2) is 36.7 Å². The van der Waals surface area contributed by atoms with Gasteiger partial charge in [-0.1, -0.05) is 18.2 Å². The molecular formula is C14H18N4O2. The zero-order chi connectivity index (χ0) is 14.4. The lowest BCUT2D eigenvalue weighted by atomic mass is 10.3. The van der Waals surface area contributed by atoms with Gasteiger partial charge in [0.1, 0.15) is 12.1 Å². The van der Waals surface area contributed by atoms with Crippen LogP contribution in [0.3, 0.4) is 0 Å². The van der Waals surface area contributed by atoms with E-state index in [4.69, 9.17) is 4.74 Å². The number of aromatic nitrogens is 3. The van der Waals surface area contributed by atoms with E-state index >= 15 is 0 Å². The molecule has 106 valence electrons. The third kappa shape index (κ3) is 3.57. The fourth-order valence-corrected chi connectivity index (χ4v) is 1.75. The Hall–Kier alpha value is -2.37. The van der Waals surface area contributed by atoms with Gasteiger partial charge in [-0.2, -0.15) is 0 Å². The van der Waals surface area contributed by atoms with Crippen molar-refractivity contribution in [2.75, 3.05) is 0 Å². The highest BCUT2D eigenvalue weighted by Crippen LogP contribution is 2.10. The predicted octanol–water partition coefficient (Wildman–Crippen LogP) is 1.38. The number of aryl methyl sites for hydroxylation is 1. The average molecular weight is 274 g/mol. The molecule has 1 aromatic carbocycles. The highest BCUT2D eigenvalue weighted by atomic mass is 16.5. The average Bonchev–Trinajstić information content (AvgIpc) is 2.93. The molecular weight excluding hydrogens is 256 g/mol. The minimum Gasteiger partial charge on any atom is -0.481 e. The number of nitrogens with one attached hydrogen (secondary N) is 1. The Balaban J connectivity index is 1.85. The maximum absolute atomic E-state index is 11.9. The number of carbonyl (C=O) groups is 1. The maximum atomic E-state index is 11.9. The predicted molar refractivity (Wildman–Crippen MR) is 74.1 cm³/mol. The Labute approximate surface area is 117 Å². The molecule has 0 aliphatic carbocycles. The zero-order valence-corrected chi connectivity index (χ0v) is 11.6. The first-order valence-electron chi connectivity index (χ1n) is 6.56. The number of carbonyl (C=O) groups excluding carboxylic acids is 1. The van der Waals surface area contributed by atoms with Gasteiger partial charge in [0.05, 0.1) is 6.54 Å². The highest BCUT2D eigenvalue weighted by molar-refractivity contribution is 5.80. The molecule has 0 aliphatic rings. The molecule has 0 aliphatic heterocycles. The van der Waals surface area contributed by atoms with E-state index in [1.165, 1.54) is 0 Å². The van der Waals surface area contributed by atoms with Crippen LogP contribution in [0.25, 0.3) is 0 Å². The van der Waals surface area contributed by atoms with Gasteiger partial charge >= 0.3 is 0 Å². The van der Waals surface area contributed by atoms with E-state index in [9.17, 15) is 4.79 Å². The van der Waals surface area contributed by atoms with Gasteiger partial charge in [-0.3, -0.25) is 4.79 Å². The minimum atomic E-state index is -0.560. The molecule has 2 rings (SSSR count). The number of hydrogen-bond donors (Lipinski definition) is 1. The van der Waals surface area contributed by atoms with Crippen LogP contribution in [0.1, 0.15) is 19.7 Å². The van der Waals surface area contributed by atoms with Crippen molar-refractivity contribution < 1.29 is 9.53 Å². The molecule has 1 atom stereocenters. The molecule has 0 radical (unpaired) electrons. The summed E-state index contributed by atoms with van der Waals surface area (Å²) in [7, 11) is 0. The van der Waals surface area contributed by atoms with Crippen molar-refractivity contribution in [3.05, 3.63) is 42.5 Å². The zero-order valence-electron chi connectivity index (χ0n) is 11.6. The van der Waals surface area contributed by atoms with Crippen molar-refractivity contribution >= 4 is 5.91 Å². The van der Waals surface area contributed by atoms with Crippen LogP contribution < -0.4 is 10.1 Å². The lowest BCUT2D eigenvalue weighted by Gasteiger charge is -2.14. The van der Waals surface area contributed by atoms with E-state index < -0.39 is 6.10 Å². The van der Waals surface area contributed by atoms with E-state index in [1.807, 2.05) is 41.8 Å². The molecule has 0 saturated carbocycles. The summed E-state index contributed by atoms with van der Waals surface area (Å²) in [6, 6.07) is 9.26. The van der Waals surface area contributed by atoms with Crippen molar-refractivity contribution in [2.45, 2.75) is 33.0 Å². The molecule has 1 heterocycles. The molecule has 0 fully saturated rings. The van der Waals surface area contributed by atoms with E-state index in [2.05, 4.69) is 15.5 Å². The second kappa shape index (κ2) is 6.70. The lowest BCUT2D eigenvalue weighted by molar-refractivity contribution is -0.127. The summed E-state index contributed by atoms with van der Waals surface area (Å²) < 4.78 is 7.43. The van der Waals surface area contributed by atoms with Crippen molar-refractivity contribution in [3.8, 4) is 5.75 Å². The summed E-state index contributed by atoms with van der Waals surface area (Å²) >= 11 is 0. The SMILES string of the molecule is CCn1cnnc1CNC(=O)[C@H](C)Oc1ccccc1. The number of para-hydroxylation sites is 1. The van der Waals surface area contributed by atoms with Gasteiger partial charge in [-0.15, -0.1) is 10.2 Å². The van der Waals surface area contributed by atoms with Crippen LogP contribution in [-0.4, -0.2) is 26.8 Å². The summed E-state index contributed by atoms with van der Waals surface area (Å²) in [5.41, 5.74) is 0. The van der Waals surface area contributed by atoms with Gasteiger partial charge in [-0.05, 0) is 26.0 Å². The van der Waals surface area contributed by atoms with E-state index in [1.54, 1.807) is 13.3 Å². The monoisotopic (exact) mass is 274 g/mol. The lowest BCUT2D eigenvalue weighted by Crippen LogP contribution is -2.36.